The number of hydrogen-bond acceptors (Lipinski definition) is 4. The van der Waals surface area contributed by atoms with E-state index in [0.29, 0.717) is 13.2 Å². The molecule has 0 aliphatic heterocycles. The monoisotopic (exact) mass is 281 g/mol. The first-order chi connectivity index (χ1) is 9.81. The zero-order chi connectivity index (χ0) is 14.6. The van der Waals surface area contributed by atoms with Crippen molar-refractivity contribution < 1.29 is 14.2 Å². The highest BCUT2D eigenvalue weighted by Crippen LogP contribution is 2.28. The fraction of sp³-hybridized carbons (Fsp3) is 0.625. The second kappa shape index (κ2) is 10.5. The summed E-state index contributed by atoms with van der Waals surface area (Å²) in [5.74, 6) is 1.54. The van der Waals surface area contributed by atoms with Crippen molar-refractivity contribution in [3.05, 3.63) is 23.8 Å². The van der Waals surface area contributed by atoms with Crippen LogP contribution in [0.3, 0.4) is 0 Å². The van der Waals surface area contributed by atoms with Crippen LogP contribution in [0.2, 0.25) is 0 Å². The summed E-state index contributed by atoms with van der Waals surface area (Å²) in [7, 11) is 1.66. The number of ether oxygens (including phenoxy) is 3. The lowest BCUT2D eigenvalue weighted by atomic mass is 10.2. The fourth-order valence-electron chi connectivity index (χ4n) is 1.81. The van der Waals surface area contributed by atoms with Gasteiger partial charge in [0, 0.05) is 13.2 Å². The quantitative estimate of drug-likeness (QED) is 0.633. The van der Waals surface area contributed by atoms with E-state index in [4.69, 9.17) is 14.2 Å². The van der Waals surface area contributed by atoms with E-state index in [2.05, 4.69) is 25.2 Å². The molecule has 1 rings (SSSR count). The topological polar surface area (TPSA) is 39.7 Å². The second-order valence-corrected chi connectivity index (χ2v) is 4.62. The first-order valence-electron chi connectivity index (χ1n) is 7.40. The van der Waals surface area contributed by atoms with Gasteiger partial charge in [0.2, 0.25) is 0 Å². The summed E-state index contributed by atoms with van der Waals surface area (Å²) in [6.07, 6.45) is 2.16. The van der Waals surface area contributed by atoms with Crippen LogP contribution < -0.4 is 14.8 Å². The molecule has 0 unspecified atom stereocenters. The van der Waals surface area contributed by atoms with Crippen LogP contribution in [0.4, 0.5) is 0 Å². The molecule has 0 spiro atoms. The minimum atomic E-state index is 0.544. The molecule has 1 N–H and O–H groups in total. The Morgan fingerprint density at radius 2 is 1.85 bits per heavy atom. The Bertz CT molecular complexity index is 369. The maximum atomic E-state index is 5.74. The molecule has 0 amide bonds. The van der Waals surface area contributed by atoms with E-state index in [0.717, 1.165) is 44.0 Å². The zero-order valence-electron chi connectivity index (χ0n) is 12.9. The molecule has 4 nitrogen and oxygen atoms in total. The van der Waals surface area contributed by atoms with Crippen LogP contribution in [0.5, 0.6) is 11.5 Å². The predicted molar refractivity (Wildman–Crippen MR) is 81.6 cm³/mol. The maximum absolute atomic E-state index is 5.74. The molecule has 20 heavy (non-hydrogen) atoms. The number of hydrogen-bond donors (Lipinski definition) is 1. The van der Waals surface area contributed by atoms with Gasteiger partial charge in [0.1, 0.15) is 6.61 Å². The molecule has 114 valence electrons. The summed E-state index contributed by atoms with van der Waals surface area (Å²) >= 11 is 0. The summed E-state index contributed by atoms with van der Waals surface area (Å²) in [5, 5.41) is 3.38. The van der Waals surface area contributed by atoms with Crippen LogP contribution in [0.25, 0.3) is 0 Å². The van der Waals surface area contributed by atoms with Gasteiger partial charge in [0.25, 0.3) is 0 Å². The number of rotatable bonds is 11. The highest BCUT2D eigenvalue weighted by molar-refractivity contribution is 5.42. The molecule has 0 aliphatic carbocycles. The normalized spacial score (nSPS) is 10.6. The van der Waals surface area contributed by atoms with E-state index < -0.39 is 0 Å². The molecule has 0 radical (unpaired) electrons. The van der Waals surface area contributed by atoms with E-state index >= 15 is 0 Å². The molecule has 1 aromatic rings. The van der Waals surface area contributed by atoms with Gasteiger partial charge in [0.15, 0.2) is 11.5 Å². The van der Waals surface area contributed by atoms with Gasteiger partial charge in [-0.2, -0.15) is 0 Å². The number of methoxy groups -OCH3 is 1. The molecule has 0 saturated carbocycles. The third-order valence-electron chi connectivity index (χ3n) is 2.82. The summed E-state index contributed by atoms with van der Waals surface area (Å²) in [4.78, 5) is 0. The van der Waals surface area contributed by atoms with E-state index in [1.807, 2.05) is 12.1 Å². The van der Waals surface area contributed by atoms with Crippen molar-refractivity contribution in [3.63, 3.8) is 0 Å². The minimum absolute atomic E-state index is 0.544. The third-order valence-corrected chi connectivity index (χ3v) is 2.82. The Morgan fingerprint density at radius 3 is 2.55 bits per heavy atom. The summed E-state index contributed by atoms with van der Waals surface area (Å²) in [6, 6.07) is 6.04. The van der Waals surface area contributed by atoms with Crippen LogP contribution in [0.15, 0.2) is 18.2 Å². The van der Waals surface area contributed by atoms with Crippen molar-refractivity contribution >= 4 is 0 Å². The second-order valence-electron chi connectivity index (χ2n) is 4.62. The largest absolute Gasteiger partial charge is 0.493 e. The molecule has 0 aliphatic rings. The molecule has 4 heteroatoms. The minimum Gasteiger partial charge on any atom is -0.493 e. The van der Waals surface area contributed by atoms with E-state index in [1.54, 1.807) is 7.11 Å². The Hall–Kier alpha value is -1.26. The van der Waals surface area contributed by atoms with Gasteiger partial charge in [0.05, 0.1) is 13.7 Å². The third kappa shape index (κ3) is 6.26. The average Bonchev–Trinajstić information content (AvgIpc) is 2.47. The summed E-state index contributed by atoms with van der Waals surface area (Å²) < 4.78 is 16.5. The van der Waals surface area contributed by atoms with Gasteiger partial charge in [-0.15, -0.1) is 0 Å². The number of nitrogens with one attached hydrogen (secondary N) is 1. The van der Waals surface area contributed by atoms with Gasteiger partial charge < -0.3 is 19.5 Å². The van der Waals surface area contributed by atoms with E-state index in [9.17, 15) is 0 Å². The van der Waals surface area contributed by atoms with Gasteiger partial charge in [-0.25, -0.2) is 0 Å². The van der Waals surface area contributed by atoms with Crippen LogP contribution in [-0.4, -0.2) is 33.5 Å². The van der Waals surface area contributed by atoms with Crippen molar-refractivity contribution in [1.29, 1.82) is 0 Å². The van der Waals surface area contributed by atoms with E-state index in [-0.39, 0.29) is 0 Å². The zero-order valence-corrected chi connectivity index (χ0v) is 12.9. The highest BCUT2D eigenvalue weighted by Gasteiger charge is 2.05. The van der Waals surface area contributed by atoms with Gasteiger partial charge in [-0.1, -0.05) is 19.9 Å². The standard InChI is InChI=1S/C16H27NO3/c1-4-8-17-13-14-6-7-15(18-3)16(12-14)20-11-10-19-9-5-2/h6-7,12,17H,4-5,8-11,13H2,1-3H3. The molecule has 0 aromatic heterocycles. The van der Waals surface area contributed by atoms with Crippen LogP contribution in [0, 0.1) is 0 Å². The Kier molecular flexibility index (Phi) is 8.83. The van der Waals surface area contributed by atoms with E-state index in [1.165, 1.54) is 5.56 Å². The molecule has 1 aromatic carbocycles. The first-order valence-corrected chi connectivity index (χ1v) is 7.40. The van der Waals surface area contributed by atoms with Gasteiger partial charge in [-0.05, 0) is 37.1 Å². The smallest absolute Gasteiger partial charge is 0.161 e. The summed E-state index contributed by atoms with van der Waals surface area (Å²) in [6.45, 7) is 8.05. The lowest BCUT2D eigenvalue weighted by Gasteiger charge is -2.13. The molecule has 0 fully saturated rings. The predicted octanol–water partition coefficient (Wildman–Crippen LogP) is 3.00. The molecule has 0 bridgehead atoms. The lowest BCUT2D eigenvalue weighted by molar-refractivity contribution is 0.0995. The first kappa shape index (κ1) is 16.8. The van der Waals surface area contributed by atoms with Crippen molar-refractivity contribution in [3.8, 4) is 11.5 Å². The van der Waals surface area contributed by atoms with Crippen molar-refractivity contribution in [1.82, 2.24) is 5.32 Å². The van der Waals surface area contributed by atoms with Crippen molar-refractivity contribution in [2.24, 2.45) is 0 Å². The molecular formula is C16H27NO3. The van der Waals surface area contributed by atoms with Crippen LogP contribution in [0.1, 0.15) is 32.3 Å². The molecule has 0 heterocycles. The molecular weight excluding hydrogens is 254 g/mol. The lowest BCUT2D eigenvalue weighted by Crippen LogP contribution is -2.14. The Morgan fingerprint density at radius 1 is 1.00 bits per heavy atom. The number of benzene rings is 1. The van der Waals surface area contributed by atoms with Gasteiger partial charge in [-0.3, -0.25) is 0 Å². The SMILES string of the molecule is CCCNCc1ccc(OC)c(OCCOCCC)c1. The van der Waals surface area contributed by atoms with Crippen LogP contribution >= 0.6 is 0 Å². The van der Waals surface area contributed by atoms with Crippen LogP contribution in [-0.2, 0) is 11.3 Å². The maximum Gasteiger partial charge on any atom is 0.161 e. The fourth-order valence-corrected chi connectivity index (χ4v) is 1.81. The van der Waals surface area contributed by atoms with Gasteiger partial charge >= 0.3 is 0 Å². The molecule has 0 atom stereocenters. The highest BCUT2D eigenvalue weighted by atomic mass is 16.5. The summed E-state index contributed by atoms with van der Waals surface area (Å²) in [5.41, 5.74) is 1.20. The Labute approximate surface area is 122 Å². The van der Waals surface area contributed by atoms with Crippen molar-refractivity contribution in [2.45, 2.75) is 33.2 Å². The van der Waals surface area contributed by atoms with Crippen molar-refractivity contribution in [2.75, 3.05) is 33.5 Å². The average molecular weight is 281 g/mol. The molecule has 0 saturated heterocycles. The Balaban J connectivity index is 2.50.